The molecule has 2 amide bonds. The summed E-state index contributed by atoms with van der Waals surface area (Å²) in [6.45, 7) is 4.42. The lowest BCUT2D eigenvalue weighted by Crippen LogP contribution is -2.41. The Morgan fingerprint density at radius 3 is 2.53 bits per heavy atom. The summed E-state index contributed by atoms with van der Waals surface area (Å²) in [7, 11) is 0. The Labute approximate surface area is 187 Å². The number of phenols is 1. The molecule has 1 heterocycles. The van der Waals surface area contributed by atoms with Crippen LogP contribution in [-0.4, -0.2) is 66.4 Å². The molecule has 0 saturated carbocycles. The number of phenolic OH excluding ortho intramolecular Hbond substituents is 1. The first-order chi connectivity index (χ1) is 15.3. The number of amides is 2. The summed E-state index contributed by atoms with van der Waals surface area (Å²) in [4.78, 5) is 49.4. The molecule has 174 valence electrons. The van der Waals surface area contributed by atoms with Crippen molar-refractivity contribution in [1.29, 1.82) is 0 Å². The van der Waals surface area contributed by atoms with Gasteiger partial charge in [0.15, 0.2) is 11.7 Å². The van der Waals surface area contributed by atoms with Crippen LogP contribution in [0, 0.1) is 5.92 Å². The number of hydrogen-bond acceptors (Lipinski definition) is 7. The number of nitrogens with one attached hydrogen (secondary N) is 1. The van der Waals surface area contributed by atoms with Gasteiger partial charge in [0, 0.05) is 30.8 Å². The van der Waals surface area contributed by atoms with Crippen molar-refractivity contribution in [2.45, 2.75) is 33.1 Å². The summed E-state index contributed by atoms with van der Waals surface area (Å²) in [5.74, 6) is -3.50. The van der Waals surface area contributed by atoms with E-state index >= 15 is 0 Å². The zero-order chi connectivity index (χ0) is 23.5. The van der Waals surface area contributed by atoms with Crippen LogP contribution in [0.2, 0.25) is 0 Å². The molecule has 1 aromatic carbocycles. The minimum atomic E-state index is -1.50. The average Bonchev–Trinajstić information content (AvgIpc) is 2.76. The number of likely N-dealkylation sites (tertiary alicyclic amines) is 1. The highest BCUT2D eigenvalue weighted by Gasteiger charge is 2.32. The van der Waals surface area contributed by atoms with Crippen molar-refractivity contribution in [1.82, 2.24) is 10.2 Å². The van der Waals surface area contributed by atoms with E-state index in [-0.39, 0.29) is 31.4 Å². The molecule has 0 spiro atoms. The average molecular weight is 447 g/mol. The molecule has 9 nitrogen and oxygen atoms in total. The first kappa shape index (κ1) is 24.9. The van der Waals surface area contributed by atoms with Gasteiger partial charge in [-0.15, -0.1) is 0 Å². The fourth-order valence-corrected chi connectivity index (χ4v) is 3.26. The molecule has 1 saturated heterocycles. The van der Waals surface area contributed by atoms with E-state index in [1.54, 1.807) is 30.0 Å². The predicted molar refractivity (Wildman–Crippen MR) is 117 cm³/mol. The molecular formula is C23H30N2O7. The van der Waals surface area contributed by atoms with Gasteiger partial charge in [0.05, 0.1) is 13.2 Å². The van der Waals surface area contributed by atoms with Crippen molar-refractivity contribution in [3.8, 4) is 11.5 Å². The van der Waals surface area contributed by atoms with Gasteiger partial charge >= 0.3 is 5.97 Å². The smallest absolute Gasteiger partial charge is 0.326 e. The molecule has 9 heteroatoms. The Bertz CT molecular complexity index is 860. The lowest BCUT2D eigenvalue weighted by atomic mass is 10.1. The lowest BCUT2D eigenvalue weighted by Gasteiger charge is -2.25. The Morgan fingerprint density at radius 2 is 1.91 bits per heavy atom. The number of Topliss-reactive ketones (excluding diaryl/α,β-unsaturated/α-hetero) is 1. The van der Waals surface area contributed by atoms with Gasteiger partial charge in [0.2, 0.25) is 11.8 Å². The van der Waals surface area contributed by atoms with Crippen LogP contribution in [0.25, 0.3) is 6.08 Å². The topological polar surface area (TPSA) is 122 Å². The van der Waals surface area contributed by atoms with E-state index in [1.165, 1.54) is 12.1 Å². The number of nitrogens with zero attached hydrogens (tertiary/aromatic N) is 1. The fraction of sp³-hybridized carbons (Fsp3) is 0.478. The van der Waals surface area contributed by atoms with E-state index in [0.717, 1.165) is 39.3 Å². The van der Waals surface area contributed by atoms with Crippen LogP contribution in [0.15, 0.2) is 24.3 Å². The maximum atomic E-state index is 12.2. The maximum Gasteiger partial charge on any atom is 0.326 e. The number of aromatic hydroxyl groups is 1. The number of esters is 1. The molecule has 2 N–H and O–H groups in total. The number of hydrogen-bond donors (Lipinski definition) is 2. The number of carbonyl (C=O) groups is 4. The van der Waals surface area contributed by atoms with Crippen LogP contribution in [0.4, 0.5) is 0 Å². The van der Waals surface area contributed by atoms with Gasteiger partial charge in [-0.2, -0.15) is 0 Å². The quantitative estimate of drug-likeness (QED) is 0.243. The summed E-state index contributed by atoms with van der Waals surface area (Å²) >= 11 is 0. The van der Waals surface area contributed by atoms with Gasteiger partial charge in [0.1, 0.15) is 18.1 Å². The summed E-state index contributed by atoms with van der Waals surface area (Å²) in [5, 5.41) is 12.7. The predicted octanol–water partition coefficient (Wildman–Crippen LogP) is 1.68. The molecule has 1 aliphatic rings. The van der Waals surface area contributed by atoms with E-state index in [9.17, 15) is 24.3 Å². The number of ether oxygens (including phenoxy) is 2. The highest BCUT2D eigenvalue weighted by molar-refractivity contribution is 6.15. The third-order valence-electron chi connectivity index (χ3n) is 4.94. The van der Waals surface area contributed by atoms with Gasteiger partial charge < -0.3 is 24.8 Å². The Kier molecular flexibility index (Phi) is 9.72. The van der Waals surface area contributed by atoms with Crippen molar-refractivity contribution in [3.63, 3.8) is 0 Å². The molecule has 32 heavy (non-hydrogen) atoms. The Morgan fingerprint density at radius 1 is 1.19 bits per heavy atom. The largest absolute Gasteiger partial charge is 0.507 e. The van der Waals surface area contributed by atoms with E-state index in [2.05, 4.69) is 5.32 Å². The maximum absolute atomic E-state index is 12.2. The van der Waals surface area contributed by atoms with Gasteiger partial charge in [-0.25, -0.2) is 0 Å². The zero-order valence-electron chi connectivity index (χ0n) is 18.5. The molecule has 1 atom stereocenters. The molecule has 0 bridgehead atoms. The fourth-order valence-electron chi connectivity index (χ4n) is 3.26. The molecule has 1 aliphatic heterocycles. The highest BCUT2D eigenvalue weighted by Crippen LogP contribution is 2.25. The second-order valence-corrected chi connectivity index (χ2v) is 7.38. The van der Waals surface area contributed by atoms with Crippen LogP contribution in [0.1, 0.15) is 38.7 Å². The second kappa shape index (κ2) is 12.5. The molecular weight excluding hydrogens is 416 g/mol. The second-order valence-electron chi connectivity index (χ2n) is 7.38. The molecule has 1 unspecified atom stereocenters. The van der Waals surface area contributed by atoms with Crippen LogP contribution in [0.5, 0.6) is 11.5 Å². The van der Waals surface area contributed by atoms with Crippen molar-refractivity contribution >= 4 is 29.6 Å². The molecule has 1 aromatic rings. The molecule has 0 radical (unpaired) electrons. The SMILES string of the molecule is CCOC(=O)C(C(C)=O)C(=O)NCCOc1ccc(/C=C/C(=O)N2CCCCC2)c(O)c1. The molecule has 1 fully saturated rings. The zero-order valence-corrected chi connectivity index (χ0v) is 18.5. The standard InChI is InChI=1S/C23H30N2O7/c1-3-31-23(30)21(16(2)26)22(29)24-11-14-32-18-9-7-17(19(27)15-18)8-10-20(28)25-12-5-4-6-13-25/h7-10,15,21,27H,3-6,11-14H2,1-2H3,(H,24,29)/b10-8+. The summed E-state index contributed by atoms with van der Waals surface area (Å²) in [5.41, 5.74) is 0.481. The minimum Gasteiger partial charge on any atom is -0.507 e. The van der Waals surface area contributed by atoms with E-state index in [1.807, 2.05) is 0 Å². The molecule has 0 aliphatic carbocycles. The van der Waals surface area contributed by atoms with Crippen LogP contribution in [-0.2, 0) is 23.9 Å². The first-order valence-corrected chi connectivity index (χ1v) is 10.7. The summed E-state index contributed by atoms with van der Waals surface area (Å²) < 4.78 is 10.2. The minimum absolute atomic E-state index is 0.0480. The third kappa shape index (κ3) is 7.40. The van der Waals surface area contributed by atoms with Gasteiger partial charge in [0.25, 0.3) is 0 Å². The number of rotatable bonds is 10. The van der Waals surface area contributed by atoms with Crippen LogP contribution in [0.3, 0.4) is 0 Å². The monoisotopic (exact) mass is 446 g/mol. The number of piperidine rings is 1. The van der Waals surface area contributed by atoms with E-state index < -0.39 is 23.6 Å². The summed E-state index contributed by atoms with van der Waals surface area (Å²) in [6.07, 6.45) is 6.17. The van der Waals surface area contributed by atoms with Crippen LogP contribution < -0.4 is 10.1 Å². The van der Waals surface area contributed by atoms with Crippen molar-refractivity contribution in [3.05, 3.63) is 29.8 Å². The van der Waals surface area contributed by atoms with Crippen molar-refractivity contribution in [2.75, 3.05) is 32.8 Å². The summed E-state index contributed by atoms with van der Waals surface area (Å²) in [6, 6.07) is 4.66. The Balaban J connectivity index is 1.83. The van der Waals surface area contributed by atoms with E-state index in [4.69, 9.17) is 9.47 Å². The van der Waals surface area contributed by atoms with Gasteiger partial charge in [-0.05, 0) is 51.3 Å². The van der Waals surface area contributed by atoms with Gasteiger partial charge in [-0.3, -0.25) is 19.2 Å². The van der Waals surface area contributed by atoms with E-state index in [0.29, 0.717) is 11.3 Å². The highest BCUT2D eigenvalue weighted by atomic mass is 16.5. The number of benzene rings is 1. The third-order valence-corrected chi connectivity index (χ3v) is 4.94. The number of carbonyl (C=O) groups excluding carboxylic acids is 4. The number of ketones is 1. The van der Waals surface area contributed by atoms with Crippen molar-refractivity contribution in [2.24, 2.45) is 5.92 Å². The Hall–Kier alpha value is -3.36. The van der Waals surface area contributed by atoms with Crippen LogP contribution >= 0.6 is 0 Å². The normalized spacial score (nSPS) is 14.6. The molecule has 2 rings (SSSR count). The van der Waals surface area contributed by atoms with Crippen molar-refractivity contribution < 1.29 is 33.8 Å². The van der Waals surface area contributed by atoms with Gasteiger partial charge in [-0.1, -0.05) is 0 Å². The molecule has 0 aromatic heterocycles. The first-order valence-electron chi connectivity index (χ1n) is 10.7. The lowest BCUT2D eigenvalue weighted by molar-refractivity contribution is -0.155.